The monoisotopic (exact) mass is 416 g/mol. The molecular formula is C26H50F2O. The first-order chi connectivity index (χ1) is 13.7. The molecule has 0 radical (unpaired) electrons. The molecule has 0 spiro atoms. The van der Waals surface area contributed by atoms with Gasteiger partial charge in [-0.3, -0.25) is 4.79 Å². The number of carbonyl (C=O) groups is 1. The topological polar surface area (TPSA) is 17.1 Å². The van der Waals surface area contributed by atoms with Crippen molar-refractivity contribution in [1.82, 2.24) is 0 Å². The van der Waals surface area contributed by atoms with Gasteiger partial charge >= 0.3 is 0 Å². The van der Waals surface area contributed by atoms with Gasteiger partial charge in [0.25, 0.3) is 0 Å². The van der Waals surface area contributed by atoms with Crippen molar-refractivity contribution in [2.45, 2.75) is 156 Å². The molecule has 0 aliphatic carbocycles. The summed E-state index contributed by atoms with van der Waals surface area (Å²) in [5.41, 5.74) is -0.212. The zero-order valence-corrected chi connectivity index (χ0v) is 20.1. The molecule has 174 valence electrons. The lowest BCUT2D eigenvalue weighted by molar-refractivity contribution is -0.126. The van der Waals surface area contributed by atoms with Crippen molar-refractivity contribution in [1.29, 1.82) is 0 Å². The van der Waals surface area contributed by atoms with E-state index in [1.807, 2.05) is 20.8 Å². The molecule has 3 heteroatoms. The van der Waals surface area contributed by atoms with Gasteiger partial charge in [-0.2, -0.15) is 0 Å². The standard InChI is InChI=1S/C26H50F2O/c1-5-6-7-8-9-13-16-19-22-26(27,28)23-20-17-14-11-10-12-15-18-21-24(29)25(2,3)4/h5-23H2,1-4H3. The predicted octanol–water partition coefficient (Wildman–Crippen LogP) is 9.67. The Kier molecular flexibility index (Phi) is 17.0. The molecule has 0 aromatic heterocycles. The third-order valence-electron chi connectivity index (χ3n) is 5.93. The minimum atomic E-state index is -2.46. The van der Waals surface area contributed by atoms with Crippen molar-refractivity contribution < 1.29 is 13.6 Å². The smallest absolute Gasteiger partial charge is 0.248 e. The van der Waals surface area contributed by atoms with Gasteiger partial charge in [-0.25, -0.2) is 8.78 Å². The average molecular weight is 417 g/mol. The number of hydrogen-bond donors (Lipinski definition) is 0. The Morgan fingerprint density at radius 1 is 0.586 bits per heavy atom. The van der Waals surface area contributed by atoms with Crippen LogP contribution in [0.3, 0.4) is 0 Å². The van der Waals surface area contributed by atoms with Crippen LogP contribution in [0.4, 0.5) is 8.78 Å². The molecule has 0 fully saturated rings. The second kappa shape index (κ2) is 17.2. The molecule has 0 heterocycles. The maximum absolute atomic E-state index is 13.9. The van der Waals surface area contributed by atoms with E-state index in [0.717, 1.165) is 51.4 Å². The van der Waals surface area contributed by atoms with Gasteiger partial charge in [-0.05, 0) is 19.3 Å². The van der Waals surface area contributed by atoms with Crippen LogP contribution in [0.15, 0.2) is 0 Å². The molecule has 0 aromatic carbocycles. The van der Waals surface area contributed by atoms with E-state index in [0.29, 0.717) is 25.0 Å². The van der Waals surface area contributed by atoms with Crippen LogP contribution >= 0.6 is 0 Å². The number of halogens is 2. The molecule has 0 rings (SSSR count). The van der Waals surface area contributed by atoms with Gasteiger partial charge in [0.15, 0.2) is 0 Å². The Hall–Kier alpha value is -0.470. The van der Waals surface area contributed by atoms with E-state index in [2.05, 4.69) is 6.92 Å². The number of unbranched alkanes of at least 4 members (excludes halogenated alkanes) is 14. The SMILES string of the molecule is CCCCCCCCCCC(F)(F)CCCCCCCCCCC(=O)C(C)(C)C. The van der Waals surface area contributed by atoms with Gasteiger partial charge in [0, 0.05) is 24.7 Å². The summed E-state index contributed by atoms with van der Waals surface area (Å²) >= 11 is 0. The van der Waals surface area contributed by atoms with Crippen molar-refractivity contribution in [3.05, 3.63) is 0 Å². The van der Waals surface area contributed by atoms with Crippen molar-refractivity contribution in [2.75, 3.05) is 0 Å². The fourth-order valence-corrected chi connectivity index (χ4v) is 3.75. The Morgan fingerprint density at radius 3 is 1.31 bits per heavy atom. The summed E-state index contributed by atoms with van der Waals surface area (Å²) in [6, 6.07) is 0. The summed E-state index contributed by atoms with van der Waals surface area (Å²) in [6.45, 7) is 8.15. The van der Waals surface area contributed by atoms with E-state index < -0.39 is 5.92 Å². The van der Waals surface area contributed by atoms with Crippen LogP contribution in [0, 0.1) is 5.41 Å². The molecule has 0 N–H and O–H groups in total. The predicted molar refractivity (Wildman–Crippen MR) is 123 cm³/mol. The zero-order chi connectivity index (χ0) is 22.0. The molecule has 0 saturated carbocycles. The molecular weight excluding hydrogens is 366 g/mol. The van der Waals surface area contributed by atoms with E-state index in [-0.39, 0.29) is 18.3 Å². The molecule has 0 atom stereocenters. The first-order valence-electron chi connectivity index (χ1n) is 12.6. The summed E-state index contributed by atoms with van der Waals surface area (Å²) in [7, 11) is 0. The minimum Gasteiger partial charge on any atom is -0.299 e. The van der Waals surface area contributed by atoms with Gasteiger partial charge in [0.05, 0.1) is 0 Å². The Balaban J connectivity index is 3.43. The Labute approximate surface area is 180 Å². The second-order valence-corrected chi connectivity index (χ2v) is 10.1. The van der Waals surface area contributed by atoms with Crippen LogP contribution in [0.25, 0.3) is 0 Å². The maximum Gasteiger partial charge on any atom is 0.248 e. The maximum atomic E-state index is 13.9. The number of rotatable bonds is 20. The fourth-order valence-electron chi connectivity index (χ4n) is 3.75. The van der Waals surface area contributed by atoms with E-state index in [9.17, 15) is 13.6 Å². The summed E-state index contributed by atoms with van der Waals surface area (Å²) in [4.78, 5) is 11.8. The highest BCUT2D eigenvalue weighted by molar-refractivity contribution is 5.83. The van der Waals surface area contributed by atoms with Crippen LogP contribution in [0.2, 0.25) is 0 Å². The lowest BCUT2D eigenvalue weighted by Gasteiger charge is -2.16. The van der Waals surface area contributed by atoms with E-state index in [4.69, 9.17) is 0 Å². The highest BCUT2D eigenvalue weighted by atomic mass is 19.3. The number of Topliss-reactive ketones (excluding diaryl/α,β-unsaturated/α-hetero) is 1. The highest BCUT2D eigenvalue weighted by Gasteiger charge is 2.27. The van der Waals surface area contributed by atoms with Crippen molar-refractivity contribution in [3.63, 3.8) is 0 Å². The molecule has 0 unspecified atom stereocenters. The summed E-state index contributed by atoms with van der Waals surface area (Å²) in [6.07, 6.45) is 18.1. The number of ketones is 1. The minimum absolute atomic E-state index is 0.0679. The number of hydrogen-bond acceptors (Lipinski definition) is 1. The van der Waals surface area contributed by atoms with Crippen LogP contribution in [-0.2, 0) is 4.79 Å². The lowest BCUT2D eigenvalue weighted by atomic mass is 9.88. The molecule has 0 aliphatic rings. The molecule has 29 heavy (non-hydrogen) atoms. The molecule has 1 nitrogen and oxygen atoms in total. The normalized spacial score (nSPS) is 12.5. The second-order valence-electron chi connectivity index (χ2n) is 10.1. The average Bonchev–Trinajstić information content (AvgIpc) is 2.64. The number of carbonyl (C=O) groups excluding carboxylic acids is 1. The van der Waals surface area contributed by atoms with Crippen molar-refractivity contribution in [3.8, 4) is 0 Å². The van der Waals surface area contributed by atoms with Gasteiger partial charge in [0.2, 0.25) is 5.92 Å². The van der Waals surface area contributed by atoms with Crippen molar-refractivity contribution in [2.24, 2.45) is 5.41 Å². The fraction of sp³-hybridized carbons (Fsp3) is 0.962. The van der Waals surface area contributed by atoms with E-state index >= 15 is 0 Å². The molecule has 0 amide bonds. The van der Waals surface area contributed by atoms with Gasteiger partial charge in [0.1, 0.15) is 5.78 Å². The Morgan fingerprint density at radius 2 is 0.931 bits per heavy atom. The lowest BCUT2D eigenvalue weighted by Crippen LogP contribution is -2.19. The third kappa shape index (κ3) is 19.3. The first-order valence-corrected chi connectivity index (χ1v) is 12.6. The third-order valence-corrected chi connectivity index (χ3v) is 5.93. The number of alkyl halides is 2. The molecule has 0 bridgehead atoms. The zero-order valence-electron chi connectivity index (χ0n) is 20.1. The molecule has 0 aromatic rings. The summed E-state index contributed by atoms with van der Waals surface area (Å²) in [5.74, 6) is -2.10. The van der Waals surface area contributed by atoms with Gasteiger partial charge in [-0.1, -0.05) is 111 Å². The highest BCUT2D eigenvalue weighted by Crippen LogP contribution is 2.28. The Bertz CT molecular complexity index is 385. The van der Waals surface area contributed by atoms with Crippen LogP contribution in [-0.4, -0.2) is 11.7 Å². The van der Waals surface area contributed by atoms with Crippen molar-refractivity contribution >= 4 is 5.78 Å². The summed E-state index contributed by atoms with van der Waals surface area (Å²) in [5, 5.41) is 0. The largest absolute Gasteiger partial charge is 0.299 e. The van der Waals surface area contributed by atoms with Gasteiger partial charge in [-0.15, -0.1) is 0 Å². The van der Waals surface area contributed by atoms with Gasteiger partial charge < -0.3 is 0 Å². The first kappa shape index (κ1) is 28.5. The van der Waals surface area contributed by atoms with E-state index in [1.54, 1.807) is 0 Å². The summed E-state index contributed by atoms with van der Waals surface area (Å²) < 4.78 is 27.9. The van der Waals surface area contributed by atoms with Crippen LogP contribution in [0.1, 0.15) is 150 Å². The van der Waals surface area contributed by atoms with Crippen LogP contribution < -0.4 is 0 Å². The quantitative estimate of drug-likeness (QED) is 0.180. The van der Waals surface area contributed by atoms with Crippen LogP contribution in [0.5, 0.6) is 0 Å². The molecule has 0 saturated heterocycles. The van der Waals surface area contributed by atoms with E-state index in [1.165, 1.54) is 38.5 Å². The molecule has 0 aliphatic heterocycles.